The highest BCUT2D eigenvalue weighted by molar-refractivity contribution is 6.05. The molecule has 2 aromatic rings. The van der Waals surface area contributed by atoms with Gasteiger partial charge in [0.15, 0.2) is 0 Å². The molecule has 0 spiro atoms. The summed E-state index contributed by atoms with van der Waals surface area (Å²) < 4.78 is 0. The van der Waals surface area contributed by atoms with Crippen molar-refractivity contribution >= 4 is 22.6 Å². The molecule has 0 aliphatic heterocycles. The number of carbonyl (C=O) groups is 2. The summed E-state index contributed by atoms with van der Waals surface area (Å²) in [5, 5.41) is 13.3. The zero-order valence-corrected chi connectivity index (χ0v) is 11.4. The van der Waals surface area contributed by atoms with Crippen molar-refractivity contribution in [2.24, 2.45) is 5.41 Å². The van der Waals surface area contributed by atoms with Gasteiger partial charge in [0.1, 0.15) is 5.69 Å². The smallest absolute Gasteiger partial charge is 0.310 e. The Labute approximate surface area is 116 Å². The SMILES string of the molecule is CC(C)(CNC(=O)c1nccc2ccccc12)C(=O)O. The number of rotatable bonds is 4. The van der Waals surface area contributed by atoms with E-state index in [1.54, 1.807) is 20.0 Å². The Balaban J connectivity index is 2.22. The van der Waals surface area contributed by atoms with Crippen LogP contribution in [0.1, 0.15) is 24.3 Å². The first-order valence-electron chi connectivity index (χ1n) is 6.27. The molecule has 20 heavy (non-hydrogen) atoms. The van der Waals surface area contributed by atoms with Crippen LogP contribution in [0, 0.1) is 5.41 Å². The molecular formula is C15H16N2O3. The second-order valence-electron chi connectivity index (χ2n) is 5.25. The Kier molecular flexibility index (Phi) is 3.70. The minimum atomic E-state index is -1.01. The summed E-state index contributed by atoms with van der Waals surface area (Å²) in [6.07, 6.45) is 1.57. The number of pyridine rings is 1. The molecule has 104 valence electrons. The van der Waals surface area contributed by atoms with Gasteiger partial charge in [0, 0.05) is 18.1 Å². The van der Waals surface area contributed by atoms with Gasteiger partial charge in [0.2, 0.25) is 0 Å². The van der Waals surface area contributed by atoms with E-state index in [1.165, 1.54) is 0 Å². The zero-order chi connectivity index (χ0) is 14.8. The van der Waals surface area contributed by atoms with Gasteiger partial charge in [-0.25, -0.2) is 0 Å². The maximum atomic E-state index is 12.2. The van der Waals surface area contributed by atoms with Crippen molar-refractivity contribution in [1.29, 1.82) is 0 Å². The van der Waals surface area contributed by atoms with Crippen molar-refractivity contribution in [3.8, 4) is 0 Å². The number of aromatic nitrogens is 1. The van der Waals surface area contributed by atoms with E-state index in [0.717, 1.165) is 10.8 Å². The Morgan fingerprint density at radius 2 is 1.95 bits per heavy atom. The maximum absolute atomic E-state index is 12.2. The number of carboxylic acid groups (broad SMARTS) is 1. The van der Waals surface area contributed by atoms with Gasteiger partial charge in [-0.2, -0.15) is 0 Å². The van der Waals surface area contributed by atoms with Gasteiger partial charge in [-0.15, -0.1) is 0 Å². The van der Waals surface area contributed by atoms with Crippen LogP contribution >= 0.6 is 0 Å². The van der Waals surface area contributed by atoms with Crippen LogP contribution in [-0.2, 0) is 4.79 Å². The predicted molar refractivity (Wildman–Crippen MR) is 75.5 cm³/mol. The molecule has 0 aliphatic carbocycles. The third kappa shape index (κ3) is 2.77. The highest BCUT2D eigenvalue weighted by Gasteiger charge is 2.28. The first-order valence-corrected chi connectivity index (χ1v) is 6.27. The molecule has 1 aromatic heterocycles. The van der Waals surface area contributed by atoms with E-state index in [9.17, 15) is 9.59 Å². The van der Waals surface area contributed by atoms with Gasteiger partial charge >= 0.3 is 5.97 Å². The Morgan fingerprint density at radius 3 is 2.65 bits per heavy atom. The number of hydrogen-bond donors (Lipinski definition) is 2. The third-order valence-electron chi connectivity index (χ3n) is 3.16. The second kappa shape index (κ2) is 5.28. The monoisotopic (exact) mass is 272 g/mol. The van der Waals surface area contributed by atoms with Crippen molar-refractivity contribution in [1.82, 2.24) is 10.3 Å². The molecule has 0 bridgehead atoms. The summed E-state index contributed by atoms with van der Waals surface area (Å²) in [6, 6.07) is 9.27. The average molecular weight is 272 g/mol. The molecule has 2 N–H and O–H groups in total. The fraction of sp³-hybridized carbons (Fsp3) is 0.267. The summed E-state index contributed by atoms with van der Waals surface area (Å²) in [5.41, 5.74) is -0.704. The van der Waals surface area contributed by atoms with Crippen LogP contribution in [0.25, 0.3) is 10.8 Å². The quantitative estimate of drug-likeness (QED) is 0.893. The fourth-order valence-corrected chi connectivity index (χ4v) is 1.76. The third-order valence-corrected chi connectivity index (χ3v) is 3.16. The molecule has 1 aromatic carbocycles. The maximum Gasteiger partial charge on any atom is 0.310 e. The van der Waals surface area contributed by atoms with Gasteiger partial charge in [-0.3, -0.25) is 14.6 Å². The molecule has 0 radical (unpaired) electrons. The van der Waals surface area contributed by atoms with Crippen LogP contribution in [0.15, 0.2) is 36.5 Å². The number of aliphatic carboxylic acids is 1. The number of carbonyl (C=O) groups excluding carboxylic acids is 1. The van der Waals surface area contributed by atoms with Crippen molar-refractivity contribution < 1.29 is 14.7 Å². The molecule has 0 atom stereocenters. The molecule has 5 heteroatoms. The van der Waals surface area contributed by atoms with Crippen LogP contribution in [0.5, 0.6) is 0 Å². The van der Waals surface area contributed by atoms with Crippen LogP contribution < -0.4 is 5.32 Å². The lowest BCUT2D eigenvalue weighted by Crippen LogP contribution is -2.39. The van der Waals surface area contributed by atoms with Gasteiger partial charge in [-0.05, 0) is 25.3 Å². The van der Waals surface area contributed by atoms with E-state index in [1.807, 2.05) is 30.3 Å². The topological polar surface area (TPSA) is 79.3 Å². The molecular weight excluding hydrogens is 256 g/mol. The summed E-state index contributed by atoms with van der Waals surface area (Å²) in [7, 11) is 0. The highest BCUT2D eigenvalue weighted by atomic mass is 16.4. The van der Waals surface area contributed by atoms with Crippen molar-refractivity contribution in [2.45, 2.75) is 13.8 Å². The van der Waals surface area contributed by atoms with Crippen molar-refractivity contribution in [3.05, 3.63) is 42.2 Å². The fourth-order valence-electron chi connectivity index (χ4n) is 1.76. The van der Waals surface area contributed by atoms with E-state index in [4.69, 9.17) is 5.11 Å². The predicted octanol–water partition coefficient (Wildman–Crippen LogP) is 2.08. The van der Waals surface area contributed by atoms with E-state index < -0.39 is 11.4 Å². The summed E-state index contributed by atoms with van der Waals surface area (Å²) >= 11 is 0. The Hall–Kier alpha value is -2.43. The van der Waals surface area contributed by atoms with Crippen molar-refractivity contribution in [2.75, 3.05) is 6.54 Å². The molecule has 1 amide bonds. The molecule has 0 unspecified atom stereocenters. The van der Waals surface area contributed by atoms with E-state index in [2.05, 4.69) is 10.3 Å². The van der Waals surface area contributed by atoms with Gasteiger partial charge in [-0.1, -0.05) is 24.3 Å². The number of carboxylic acids is 1. The first kappa shape index (κ1) is 14.0. The first-order chi connectivity index (χ1) is 9.42. The lowest BCUT2D eigenvalue weighted by molar-refractivity contribution is -0.146. The van der Waals surface area contributed by atoms with E-state index in [-0.39, 0.29) is 12.5 Å². The van der Waals surface area contributed by atoms with Crippen LogP contribution in [0.3, 0.4) is 0 Å². The number of benzene rings is 1. The summed E-state index contributed by atoms with van der Waals surface area (Å²) in [4.78, 5) is 27.3. The Morgan fingerprint density at radius 1 is 1.25 bits per heavy atom. The number of nitrogens with zero attached hydrogens (tertiary/aromatic N) is 1. The van der Waals surface area contributed by atoms with Crippen LogP contribution in [0.2, 0.25) is 0 Å². The largest absolute Gasteiger partial charge is 0.481 e. The summed E-state index contributed by atoms with van der Waals surface area (Å²) in [5.74, 6) is -1.32. The Bertz CT molecular complexity index is 660. The van der Waals surface area contributed by atoms with E-state index >= 15 is 0 Å². The molecule has 0 saturated carbocycles. The lowest BCUT2D eigenvalue weighted by Gasteiger charge is -2.19. The zero-order valence-electron chi connectivity index (χ0n) is 11.4. The standard InChI is InChI=1S/C15H16N2O3/c1-15(2,14(19)20)9-17-13(18)12-11-6-4-3-5-10(11)7-8-16-12/h3-8H,9H2,1-2H3,(H,17,18)(H,19,20). The van der Waals surface area contributed by atoms with Crippen LogP contribution in [-0.4, -0.2) is 28.5 Å². The number of amides is 1. The highest BCUT2D eigenvalue weighted by Crippen LogP contribution is 2.17. The van der Waals surface area contributed by atoms with Crippen molar-refractivity contribution in [3.63, 3.8) is 0 Å². The van der Waals surface area contributed by atoms with Crippen LogP contribution in [0.4, 0.5) is 0 Å². The molecule has 2 rings (SSSR count). The molecule has 0 fully saturated rings. The average Bonchev–Trinajstić information content (AvgIpc) is 2.44. The normalized spacial score (nSPS) is 11.3. The minimum absolute atomic E-state index is 0.0477. The lowest BCUT2D eigenvalue weighted by atomic mass is 9.94. The second-order valence-corrected chi connectivity index (χ2v) is 5.25. The number of nitrogens with one attached hydrogen (secondary N) is 1. The van der Waals surface area contributed by atoms with E-state index in [0.29, 0.717) is 5.69 Å². The molecule has 0 saturated heterocycles. The molecule has 5 nitrogen and oxygen atoms in total. The summed E-state index contributed by atoms with van der Waals surface area (Å²) in [6.45, 7) is 3.17. The molecule has 0 aliphatic rings. The van der Waals surface area contributed by atoms with Gasteiger partial charge in [0.05, 0.1) is 5.41 Å². The number of hydrogen-bond acceptors (Lipinski definition) is 3. The van der Waals surface area contributed by atoms with Gasteiger partial charge < -0.3 is 10.4 Å². The van der Waals surface area contributed by atoms with Gasteiger partial charge in [0.25, 0.3) is 5.91 Å². The molecule has 1 heterocycles. The number of fused-ring (bicyclic) bond motifs is 1. The minimum Gasteiger partial charge on any atom is -0.481 e.